The van der Waals surface area contributed by atoms with Gasteiger partial charge in [0.25, 0.3) is 0 Å². The Bertz CT molecular complexity index is 1040. The standard InChI is InChI=1S/C19H17BrN4O2/c1-2-19(26)23-9-13(10-23)22-18(25)11-24-16-4-3-12(20)7-15(16)14-5-6-21-8-17(14)24/h2-8,13H,1,9-11H2,(H,22,25). The molecule has 3 heterocycles. The molecule has 1 aliphatic heterocycles. The molecule has 6 nitrogen and oxygen atoms in total. The highest BCUT2D eigenvalue weighted by Gasteiger charge is 2.30. The lowest BCUT2D eigenvalue weighted by molar-refractivity contribution is -0.133. The second kappa shape index (κ2) is 6.57. The molecule has 0 radical (unpaired) electrons. The second-order valence-corrected chi connectivity index (χ2v) is 7.27. The van der Waals surface area contributed by atoms with Crippen LogP contribution < -0.4 is 5.32 Å². The first kappa shape index (κ1) is 16.8. The molecule has 1 fully saturated rings. The van der Waals surface area contributed by atoms with Gasteiger partial charge in [0.15, 0.2) is 0 Å². The summed E-state index contributed by atoms with van der Waals surface area (Å²) in [5.74, 6) is -0.180. The average Bonchev–Trinajstić information content (AvgIpc) is 2.90. The Morgan fingerprint density at radius 3 is 2.85 bits per heavy atom. The number of hydrogen-bond acceptors (Lipinski definition) is 3. The molecule has 2 amide bonds. The summed E-state index contributed by atoms with van der Waals surface area (Å²) >= 11 is 3.51. The fourth-order valence-electron chi connectivity index (χ4n) is 3.38. The third-order valence-electron chi connectivity index (χ3n) is 4.67. The molecular weight excluding hydrogens is 396 g/mol. The summed E-state index contributed by atoms with van der Waals surface area (Å²) in [4.78, 5) is 29.9. The van der Waals surface area contributed by atoms with E-state index in [2.05, 4.69) is 38.9 Å². The van der Waals surface area contributed by atoms with Crippen LogP contribution in [0.4, 0.5) is 0 Å². The minimum atomic E-state index is -0.102. The minimum absolute atomic E-state index is 0.00763. The van der Waals surface area contributed by atoms with Gasteiger partial charge in [0.1, 0.15) is 6.54 Å². The Labute approximate surface area is 158 Å². The topological polar surface area (TPSA) is 67.2 Å². The lowest BCUT2D eigenvalue weighted by Crippen LogP contribution is -2.61. The van der Waals surface area contributed by atoms with Crippen LogP contribution in [-0.4, -0.2) is 45.4 Å². The Morgan fingerprint density at radius 2 is 2.08 bits per heavy atom. The van der Waals surface area contributed by atoms with Gasteiger partial charge in [0, 0.05) is 40.0 Å². The molecule has 26 heavy (non-hydrogen) atoms. The lowest BCUT2D eigenvalue weighted by Gasteiger charge is -2.38. The van der Waals surface area contributed by atoms with Gasteiger partial charge in [0.05, 0.1) is 17.8 Å². The van der Waals surface area contributed by atoms with Crippen LogP contribution in [-0.2, 0) is 16.1 Å². The van der Waals surface area contributed by atoms with E-state index in [-0.39, 0.29) is 24.4 Å². The Hall–Kier alpha value is -2.67. The molecule has 0 bridgehead atoms. The van der Waals surface area contributed by atoms with Gasteiger partial charge in [-0.05, 0) is 30.3 Å². The van der Waals surface area contributed by atoms with Crippen molar-refractivity contribution in [1.29, 1.82) is 0 Å². The number of aromatic nitrogens is 2. The monoisotopic (exact) mass is 412 g/mol. The van der Waals surface area contributed by atoms with Crippen molar-refractivity contribution in [3.8, 4) is 0 Å². The zero-order chi connectivity index (χ0) is 18.3. The number of pyridine rings is 1. The molecule has 4 rings (SSSR count). The molecule has 1 aliphatic rings. The summed E-state index contributed by atoms with van der Waals surface area (Å²) in [6.45, 7) is 4.73. The van der Waals surface area contributed by atoms with Crippen molar-refractivity contribution in [2.45, 2.75) is 12.6 Å². The highest BCUT2D eigenvalue weighted by atomic mass is 79.9. The Kier molecular flexibility index (Phi) is 4.24. The van der Waals surface area contributed by atoms with E-state index in [1.54, 1.807) is 17.3 Å². The summed E-state index contributed by atoms with van der Waals surface area (Å²) in [6.07, 6.45) is 4.83. The number of fused-ring (bicyclic) bond motifs is 3. The van der Waals surface area contributed by atoms with Crippen LogP contribution in [0.5, 0.6) is 0 Å². The molecule has 0 spiro atoms. The molecule has 0 atom stereocenters. The average molecular weight is 413 g/mol. The lowest BCUT2D eigenvalue weighted by atomic mass is 10.1. The van der Waals surface area contributed by atoms with Crippen molar-refractivity contribution in [3.63, 3.8) is 0 Å². The van der Waals surface area contributed by atoms with Crippen LogP contribution in [0.2, 0.25) is 0 Å². The van der Waals surface area contributed by atoms with Crippen LogP contribution in [0, 0.1) is 0 Å². The van der Waals surface area contributed by atoms with Crippen LogP contribution in [0.15, 0.2) is 53.8 Å². The third kappa shape index (κ3) is 2.88. The van der Waals surface area contributed by atoms with Crippen molar-refractivity contribution < 1.29 is 9.59 Å². The highest BCUT2D eigenvalue weighted by molar-refractivity contribution is 9.10. The number of nitrogens with one attached hydrogen (secondary N) is 1. The quantitative estimate of drug-likeness (QED) is 0.669. The molecule has 132 valence electrons. The Balaban J connectivity index is 1.56. The van der Waals surface area contributed by atoms with E-state index < -0.39 is 0 Å². The molecule has 1 aromatic carbocycles. The first-order chi connectivity index (χ1) is 12.6. The maximum Gasteiger partial charge on any atom is 0.246 e. The summed E-state index contributed by atoms with van der Waals surface area (Å²) < 4.78 is 2.97. The van der Waals surface area contributed by atoms with Crippen molar-refractivity contribution in [3.05, 3.63) is 53.8 Å². The van der Waals surface area contributed by atoms with Gasteiger partial charge in [-0.1, -0.05) is 22.5 Å². The predicted molar refractivity (Wildman–Crippen MR) is 104 cm³/mol. The van der Waals surface area contributed by atoms with E-state index in [1.807, 2.05) is 22.8 Å². The number of halogens is 1. The zero-order valence-electron chi connectivity index (χ0n) is 14.0. The first-order valence-corrected chi connectivity index (χ1v) is 9.08. The van der Waals surface area contributed by atoms with Crippen molar-refractivity contribution in [2.24, 2.45) is 0 Å². The van der Waals surface area contributed by atoms with E-state index in [9.17, 15) is 9.59 Å². The SMILES string of the molecule is C=CC(=O)N1CC(NC(=O)Cn2c3ccc(Br)cc3c3ccncc32)C1. The number of carbonyl (C=O) groups excluding carboxylic acids is 2. The molecule has 0 aliphatic carbocycles. The number of hydrogen-bond donors (Lipinski definition) is 1. The molecule has 1 saturated heterocycles. The van der Waals surface area contributed by atoms with Gasteiger partial charge in [-0.25, -0.2) is 0 Å². The maximum absolute atomic E-state index is 12.5. The smallest absolute Gasteiger partial charge is 0.246 e. The molecule has 2 aromatic heterocycles. The van der Waals surface area contributed by atoms with Crippen LogP contribution >= 0.6 is 15.9 Å². The van der Waals surface area contributed by atoms with Gasteiger partial charge in [-0.2, -0.15) is 0 Å². The maximum atomic E-state index is 12.5. The third-order valence-corrected chi connectivity index (χ3v) is 5.16. The number of carbonyl (C=O) groups is 2. The molecule has 0 unspecified atom stereocenters. The number of benzene rings is 1. The fourth-order valence-corrected chi connectivity index (χ4v) is 3.75. The summed E-state index contributed by atoms with van der Waals surface area (Å²) in [5, 5.41) is 5.13. The number of amides is 2. The van der Waals surface area contributed by atoms with Gasteiger partial charge in [-0.3, -0.25) is 14.6 Å². The highest BCUT2D eigenvalue weighted by Crippen LogP contribution is 2.30. The number of nitrogens with zero attached hydrogens (tertiary/aromatic N) is 3. The van der Waals surface area contributed by atoms with Gasteiger partial charge >= 0.3 is 0 Å². The largest absolute Gasteiger partial charge is 0.348 e. The van der Waals surface area contributed by atoms with Crippen LogP contribution in [0.25, 0.3) is 21.8 Å². The summed E-state index contributed by atoms with van der Waals surface area (Å²) in [5.41, 5.74) is 1.91. The van der Waals surface area contributed by atoms with E-state index in [0.717, 1.165) is 26.3 Å². The fraction of sp³-hybridized carbons (Fsp3) is 0.211. The zero-order valence-corrected chi connectivity index (χ0v) is 15.6. The number of likely N-dealkylation sites (tertiary alicyclic amines) is 1. The predicted octanol–water partition coefficient (Wildman–Crippen LogP) is 2.46. The van der Waals surface area contributed by atoms with Crippen molar-refractivity contribution >= 4 is 49.6 Å². The van der Waals surface area contributed by atoms with Crippen LogP contribution in [0.1, 0.15) is 0 Å². The normalized spacial score (nSPS) is 14.4. The van der Waals surface area contributed by atoms with E-state index >= 15 is 0 Å². The number of rotatable bonds is 4. The molecule has 0 saturated carbocycles. The summed E-state index contributed by atoms with van der Waals surface area (Å²) in [6, 6.07) is 7.97. The van der Waals surface area contributed by atoms with Gasteiger partial charge in [-0.15, -0.1) is 0 Å². The minimum Gasteiger partial charge on any atom is -0.348 e. The van der Waals surface area contributed by atoms with Crippen molar-refractivity contribution in [2.75, 3.05) is 13.1 Å². The van der Waals surface area contributed by atoms with Gasteiger partial charge < -0.3 is 14.8 Å². The van der Waals surface area contributed by atoms with E-state index in [1.165, 1.54) is 6.08 Å². The first-order valence-electron chi connectivity index (χ1n) is 8.29. The summed E-state index contributed by atoms with van der Waals surface area (Å²) in [7, 11) is 0. The van der Waals surface area contributed by atoms with Crippen molar-refractivity contribution in [1.82, 2.24) is 19.8 Å². The van der Waals surface area contributed by atoms with E-state index in [4.69, 9.17) is 0 Å². The molecular formula is C19H17BrN4O2. The van der Waals surface area contributed by atoms with Gasteiger partial charge in [0.2, 0.25) is 11.8 Å². The van der Waals surface area contributed by atoms with Crippen LogP contribution in [0.3, 0.4) is 0 Å². The second-order valence-electron chi connectivity index (χ2n) is 6.35. The van der Waals surface area contributed by atoms with E-state index in [0.29, 0.717) is 13.1 Å². The Morgan fingerprint density at radius 1 is 1.27 bits per heavy atom. The molecule has 7 heteroatoms. The molecule has 3 aromatic rings. The molecule has 1 N–H and O–H groups in total.